The Balaban J connectivity index is 4.20. The Morgan fingerprint density at radius 3 is 2.43 bits per heavy atom. The number of hydrogen-bond donors (Lipinski definition) is 1. The predicted octanol–water partition coefficient (Wildman–Crippen LogP) is 2.13. The number of esters is 1. The molecule has 0 rings (SSSR count). The molecule has 0 heterocycles. The van der Waals surface area contributed by atoms with E-state index >= 15 is 0 Å². The molecule has 84 valence electrons. The Labute approximate surface area is 86.5 Å². The highest BCUT2D eigenvalue weighted by molar-refractivity contribution is 5.76. The van der Waals surface area contributed by atoms with Gasteiger partial charge in [0, 0.05) is 0 Å². The Morgan fingerprint density at radius 1 is 1.43 bits per heavy atom. The molecule has 0 amide bonds. The number of ether oxygens (including phenoxy) is 1. The molecule has 0 spiro atoms. The first-order valence-electron chi connectivity index (χ1n) is 5.32. The average Bonchev–Trinajstić information content (AvgIpc) is 2.14. The molecule has 0 bridgehead atoms. The first-order chi connectivity index (χ1) is 6.46. The second-order valence-electron chi connectivity index (χ2n) is 4.10. The molecule has 0 aromatic rings. The third kappa shape index (κ3) is 3.66. The van der Waals surface area contributed by atoms with Gasteiger partial charge in [-0.3, -0.25) is 4.79 Å². The minimum atomic E-state index is -0.787. The fraction of sp³-hybridized carbons (Fsp3) is 0.909. The van der Waals surface area contributed by atoms with Crippen LogP contribution in [0.15, 0.2) is 0 Å². The van der Waals surface area contributed by atoms with Crippen LogP contribution in [0.4, 0.5) is 0 Å². The predicted molar refractivity (Wildman–Crippen MR) is 55.9 cm³/mol. The summed E-state index contributed by atoms with van der Waals surface area (Å²) in [4.78, 5) is 11.5. The van der Waals surface area contributed by atoms with E-state index in [1.165, 1.54) is 0 Å². The van der Waals surface area contributed by atoms with Crippen molar-refractivity contribution in [2.24, 2.45) is 5.41 Å². The monoisotopic (exact) mass is 202 g/mol. The molecule has 1 atom stereocenters. The molecule has 0 aliphatic rings. The van der Waals surface area contributed by atoms with Gasteiger partial charge in [-0.1, -0.05) is 19.8 Å². The fourth-order valence-corrected chi connectivity index (χ4v) is 1.21. The Hall–Kier alpha value is -0.570. The molecular formula is C11H22O3. The molecule has 0 aliphatic carbocycles. The molecule has 0 aromatic heterocycles. The van der Waals surface area contributed by atoms with E-state index in [2.05, 4.69) is 6.92 Å². The van der Waals surface area contributed by atoms with Crippen LogP contribution in [0.2, 0.25) is 0 Å². The number of rotatable bonds is 6. The van der Waals surface area contributed by atoms with Gasteiger partial charge >= 0.3 is 5.97 Å². The summed E-state index contributed by atoms with van der Waals surface area (Å²) in [5, 5.41) is 9.80. The van der Waals surface area contributed by atoms with Crippen LogP contribution in [0.3, 0.4) is 0 Å². The summed E-state index contributed by atoms with van der Waals surface area (Å²) in [6.45, 7) is 7.65. The lowest BCUT2D eigenvalue weighted by Crippen LogP contribution is -2.38. The van der Waals surface area contributed by atoms with Crippen LogP contribution >= 0.6 is 0 Å². The maximum Gasteiger partial charge on any atom is 0.314 e. The summed E-state index contributed by atoms with van der Waals surface area (Å²) in [6, 6.07) is 0. The zero-order valence-electron chi connectivity index (χ0n) is 9.67. The lowest BCUT2D eigenvalue weighted by Gasteiger charge is -2.27. The van der Waals surface area contributed by atoms with Gasteiger partial charge in [-0.25, -0.2) is 0 Å². The zero-order chi connectivity index (χ0) is 11.2. The highest BCUT2D eigenvalue weighted by atomic mass is 16.5. The largest absolute Gasteiger partial charge is 0.466 e. The molecule has 0 radical (unpaired) electrons. The Morgan fingerprint density at radius 2 is 2.00 bits per heavy atom. The topological polar surface area (TPSA) is 46.5 Å². The van der Waals surface area contributed by atoms with Crippen LogP contribution in [0.5, 0.6) is 0 Å². The molecule has 1 N–H and O–H groups in total. The first kappa shape index (κ1) is 13.4. The zero-order valence-corrected chi connectivity index (χ0v) is 9.67. The smallest absolute Gasteiger partial charge is 0.314 e. The van der Waals surface area contributed by atoms with E-state index in [0.29, 0.717) is 13.0 Å². The number of aliphatic hydroxyl groups excluding tert-OH is 1. The van der Waals surface area contributed by atoms with Crippen LogP contribution < -0.4 is 0 Å². The number of unbranched alkanes of at least 4 members (excludes halogenated alkanes) is 1. The summed E-state index contributed by atoms with van der Waals surface area (Å²) >= 11 is 0. The lowest BCUT2D eigenvalue weighted by atomic mass is 9.84. The van der Waals surface area contributed by atoms with Crippen molar-refractivity contribution < 1.29 is 14.6 Å². The van der Waals surface area contributed by atoms with Crippen molar-refractivity contribution in [1.29, 1.82) is 0 Å². The summed E-state index contributed by atoms with van der Waals surface area (Å²) in [7, 11) is 0. The quantitative estimate of drug-likeness (QED) is 0.671. The maximum absolute atomic E-state index is 11.5. The number of carbonyl (C=O) groups excluding carboxylic acids is 1. The van der Waals surface area contributed by atoms with Gasteiger partial charge in [0.05, 0.1) is 18.1 Å². The van der Waals surface area contributed by atoms with Gasteiger partial charge in [0.2, 0.25) is 0 Å². The van der Waals surface area contributed by atoms with E-state index in [4.69, 9.17) is 4.74 Å². The number of hydrogen-bond acceptors (Lipinski definition) is 3. The summed E-state index contributed by atoms with van der Waals surface area (Å²) in [6.07, 6.45) is 2.00. The molecular weight excluding hydrogens is 180 g/mol. The summed E-state index contributed by atoms with van der Waals surface area (Å²) in [5.74, 6) is -0.316. The number of carbonyl (C=O) groups is 1. The number of aliphatic hydroxyl groups is 1. The van der Waals surface area contributed by atoms with E-state index in [1.54, 1.807) is 20.8 Å². The molecule has 14 heavy (non-hydrogen) atoms. The van der Waals surface area contributed by atoms with Crippen molar-refractivity contribution in [2.75, 3.05) is 6.61 Å². The van der Waals surface area contributed by atoms with Gasteiger partial charge in [0.25, 0.3) is 0 Å². The molecule has 0 saturated carbocycles. The lowest BCUT2D eigenvalue weighted by molar-refractivity contribution is -0.160. The standard InChI is InChI=1S/C11H22O3/c1-5-7-8-9(12)11(3,4)10(13)14-6-2/h9,12H,5-8H2,1-4H3/t9-/m0/s1. The highest BCUT2D eigenvalue weighted by Crippen LogP contribution is 2.26. The van der Waals surface area contributed by atoms with Gasteiger partial charge in [0.15, 0.2) is 0 Å². The van der Waals surface area contributed by atoms with Crippen LogP contribution in [0.1, 0.15) is 47.0 Å². The maximum atomic E-state index is 11.5. The van der Waals surface area contributed by atoms with Crippen molar-refractivity contribution in [2.45, 2.75) is 53.1 Å². The van der Waals surface area contributed by atoms with Crippen molar-refractivity contribution in [3.05, 3.63) is 0 Å². The van der Waals surface area contributed by atoms with Crippen molar-refractivity contribution >= 4 is 5.97 Å². The van der Waals surface area contributed by atoms with Crippen LogP contribution in [-0.2, 0) is 9.53 Å². The van der Waals surface area contributed by atoms with Gasteiger partial charge < -0.3 is 9.84 Å². The molecule has 3 nitrogen and oxygen atoms in total. The van der Waals surface area contributed by atoms with E-state index < -0.39 is 11.5 Å². The molecule has 0 aromatic carbocycles. The van der Waals surface area contributed by atoms with Crippen molar-refractivity contribution in [3.63, 3.8) is 0 Å². The van der Waals surface area contributed by atoms with E-state index in [9.17, 15) is 9.90 Å². The van der Waals surface area contributed by atoms with Gasteiger partial charge in [-0.2, -0.15) is 0 Å². The molecule has 0 saturated heterocycles. The fourth-order valence-electron chi connectivity index (χ4n) is 1.21. The van der Waals surface area contributed by atoms with Gasteiger partial charge in [-0.15, -0.1) is 0 Å². The minimum absolute atomic E-state index is 0.316. The molecule has 0 fully saturated rings. The minimum Gasteiger partial charge on any atom is -0.466 e. The average molecular weight is 202 g/mol. The highest BCUT2D eigenvalue weighted by Gasteiger charge is 2.36. The molecule has 0 unspecified atom stereocenters. The van der Waals surface area contributed by atoms with Gasteiger partial charge in [-0.05, 0) is 27.2 Å². The second-order valence-corrected chi connectivity index (χ2v) is 4.10. The molecule has 0 aliphatic heterocycles. The SMILES string of the molecule is CCCC[C@H](O)C(C)(C)C(=O)OCC. The second kappa shape index (κ2) is 6.02. The third-order valence-electron chi connectivity index (χ3n) is 2.47. The first-order valence-corrected chi connectivity index (χ1v) is 5.32. The summed E-state index contributed by atoms with van der Waals surface area (Å²) < 4.78 is 4.91. The normalized spacial score (nSPS) is 13.8. The third-order valence-corrected chi connectivity index (χ3v) is 2.47. The van der Waals surface area contributed by atoms with Crippen molar-refractivity contribution in [3.8, 4) is 0 Å². The van der Waals surface area contributed by atoms with E-state index in [0.717, 1.165) is 12.8 Å². The van der Waals surface area contributed by atoms with E-state index in [-0.39, 0.29) is 5.97 Å². The van der Waals surface area contributed by atoms with Gasteiger partial charge in [0.1, 0.15) is 0 Å². The van der Waals surface area contributed by atoms with Crippen molar-refractivity contribution in [1.82, 2.24) is 0 Å². The Kier molecular flexibility index (Phi) is 5.77. The van der Waals surface area contributed by atoms with Crippen LogP contribution in [0, 0.1) is 5.41 Å². The Bertz CT molecular complexity index is 175. The van der Waals surface area contributed by atoms with E-state index in [1.807, 2.05) is 0 Å². The molecule has 3 heteroatoms. The van der Waals surface area contributed by atoms with Crippen LogP contribution in [0.25, 0.3) is 0 Å². The summed E-state index contributed by atoms with van der Waals surface area (Å²) in [5.41, 5.74) is -0.787. The van der Waals surface area contributed by atoms with Crippen LogP contribution in [-0.4, -0.2) is 23.8 Å².